The first-order chi connectivity index (χ1) is 17.7. The van der Waals surface area contributed by atoms with E-state index in [0.29, 0.717) is 40.9 Å². The fourth-order valence-corrected chi connectivity index (χ4v) is 4.23. The van der Waals surface area contributed by atoms with Gasteiger partial charge in [0.15, 0.2) is 11.5 Å². The number of methoxy groups -OCH3 is 1. The van der Waals surface area contributed by atoms with Crippen LogP contribution in [0.5, 0.6) is 11.5 Å². The van der Waals surface area contributed by atoms with Gasteiger partial charge in [-0.1, -0.05) is 32.0 Å². The van der Waals surface area contributed by atoms with Crippen molar-refractivity contribution in [3.8, 4) is 11.5 Å². The van der Waals surface area contributed by atoms with Crippen molar-refractivity contribution in [2.45, 2.75) is 39.8 Å². The Morgan fingerprint density at radius 2 is 1.92 bits per heavy atom. The number of nitrogens with zero attached hydrogens (tertiary/aromatic N) is 1. The van der Waals surface area contributed by atoms with E-state index < -0.39 is 29.3 Å². The summed E-state index contributed by atoms with van der Waals surface area (Å²) in [5, 5.41) is 11.2. The molecular formula is C29H30FNO6. The van der Waals surface area contributed by atoms with Crippen molar-refractivity contribution in [2.24, 2.45) is 5.92 Å². The van der Waals surface area contributed by atoms with Gasteiger partial charge in [0.2, 0.25) is 0 Å². The molecule has 0 radical (unpaired) electrons. The van der Waals surface area contributed by atoms with Crippen molar-refractivity contribution >= 4 is 17.4 Å². The zero-order valence-electron chi connectivity index (χ0n) is 21.3. The van der Waals surface area contributed by atoms with Gasteiger partial charge in [-0.15, -0.1) is 0 Å². The maximum absolute atomic E-state index is 14.3. The fourth-order valence-electron chi connectivity index (χ4n) is 4.23. The van der Waals surface area contributed by atoms with Crippen LogP contribution in [0.1, 0.15) is 48.8 Å². The molecule has 1 unspecified atom stereocenters. The SMILES string of the molecule is COc1cc(C2C(=C(O)c3ccc(C)c(F)c3)C(=O)C(=O)N2Cc2ccco2)ccc1OCCC(C)C. The van der Waals surface area contributed by atoms with Gasteiger partial charge in [0.05, 0.1) is 38.1 Å². The lowest BCUT2D eigenvalue weighted by molar-refractivity contribution is -0.140. The number of aliphatic hydroxyl groups excluding tert-OH is 1. The van der Waals surface area contributed by atoms with Crippen LogP contribution in [0.4, 0.5) is 4.39 Å². The lowest BCUT2D eigenvalue weighted by Gasteiger charge is -2.25. The Labute approximate surface area is 215 Å². The van der Waals surface area contributed by atoms with Gasteiger partial charge in [-0.3, -0.25) is 9.59 Å². The van der Waals surface area contributed by atoms with Crippen molar-refractivity contribution in [1.29, 1.82) is 0 Å². The van der Waals surface area contributed by atoms with E-state index >= 15 is 0 Å². The number of Topliss-reactive ketones (excluding diaryl/α,β-unsaturated/α-hetero) is 1. The van der Waals surface area contributed by atoms with Crippen LogP contribution < -0.4 is 9.47 Å². The molecule has 2 aromatic carbocycles. The molecular weight excluding hydrogens is 477 g/mol. The number of hydrogen-bond donors (Lipinski definition) is 1. The summed E-state index contributed by atoms with van der Waals surface area (Å²) in [7, 11) is 1.50. The number of hydrogen-bond acceptors (Lipinski definition) is 6. The number of amides is 1. The summed E-state index contributed by atoms with van der Waals surface area (Å²) in [4.78, 5) is 27.7. The lowest BCUT2D eigenvalue weighted by Crippen LogP contribution is -2.29. The topological polar surface area (TPSA) is 89.2 Å². The fraction of sp³-hybridized carbons (Fsp3) is 0.310. The minimum Gasteiger partial charge on any atom is -0.507 e. The van der Waals surface area contributed by atoms with Gasteiger partial charge in [0, 0.05) is 5.56 Å². The molecule has 1 saturated heterocycles. The maximum Gasteiger partial charge on any atom is 0.296 e. The predicted molar refractivity (Wildman–Crippen MR) is 136 cm³/mol. The van der Waals surface area contributed by atoms with Crippen molar-refractivity contribution in [1.82, 2.24) is 4.90 Å². The molecule has 0 bridgehead atoms. The largest absolute Gasteiger partial charge is 0.507 e. The Balaban J connectivity index is 1.81. The average molecular weight is 508 g/mol. The summed E-state index contributed by atoms with van der Waals surface area (Å²) in [6.07, 6.45) is 2.34. The minimum atomic E-state index is -0.965. The molecule has 0 spiro atoms. The second-order valence-electron chi connectivity index (χ2n) is 9.41. The van der Waals surface area contributed by atoms with Crippen molar-refractivity contribution in [3.63, 3.8) is 0 Å². The van der Waals surface area contributed by atoms with E-state index in [1.165, 1.54) is 30.4 Å². The van der Waals surface area contributed by atoms with Crippen LogP contribution in [0.25, 0.3) is 5.76 Å². The molecule has 3 aromatic rings. The molecule has 1 N–H and O–H groups in total. The summed E-state index contributed by atoms with van der Waals surface area (Å²) < 4.78 is 31.2. The summed E-state index contributed by atoms with van der Waals surface area (Å²) in [6.45, 7) is 6.30. The number of carbonyl (C=O) groups is 2. The van der Waals surface area contributed by atoms with Gasteiger partial charge in [-0.2, -0.15) is 0 Å². The van der Waals surface area contributed by atoms with Crippen molar-refractivity contribution in [3.05, 3.63) is 88.6 Å². The third kappa shape index (κ3) is 5.38. The van der Waals surface area contributed by atoms with Crippen LogP contribution >= 0.6 is 0 Å². The molecule has 1 amide bonds. The molecule has 2 heterocycles. The third-order valence-corrected chi connectivity index (χ3v) is 6.35. The average Bonchev–Trinajstić information content (AvgIpc) is 3.47. The number of ketones is 1. The number of carbonyl (C=O) groups excluding carboxylic acids is 2. The highest BCUT2D eigenvalue weighted by atomic mass is 19.1. The Hall–Kier alpha value is -4.07. The maximum atomic E-state index is 14.3. The quantitative estimate of drug-likeness (QED) is 0.224. The Morgan fingerprint density at radius 3 is 2.57 bits per heavy atom. The first-order valence-electron chi connectivity index (χ1n) is 12.1. The summed E-state index contributed by atoms with van der Waals surface area (Å²) in [5.41, 5.74) is 0.872. The molecule has 1 aliphatic rings. The number of likely N-dealkylation sites (tertiary alicyclic amines) is 1. The van der Waals surface area contributed by atoms with Crippen LogP contribution in [0.15, 0.2) is 64.8 Å². The summed E-state index contributed by atoms with van der Waals surface area (Å²) >= 11 is 0. The number of furan rings is 1. The molecule has 0 aliphatic carbocycles. The van der Waals surface area contributed by atoms with Crippen LogP contribution in [-0.4, -0.2) is 35.4 Å². The van der Waals surface area contributed by atoms with Crippen LogP contribution in [-0.2, 0) is 16.1 Å². The highest BCUT2D eigenvalue weighted by molar-refractivity contribution is 6.46. The normalized spacial score (nSPS) is 17.0. The van der Waals surface area contributed by atoms with E-state index in [9.17, 15) is 19.1 Å². The molecule has 8 heteroatoms. The third-order valence-electron chi connectivity index (χ3n) is 6.35. The first-order valence-corrected chi connectivity index (χ1v) is 12.1. The van der Waals surface area contributed by atoms with Gasteiger partial charge < -0.3 is 23.9 Å². The monoisotopic (exact) mass is 507 g/mol. The Morgan fingerprint density at radius 1 is 1.14 bits per heavy atom. The van der Waals surface area contributed by atoms with Gasteiger partial charge >= 0.3 is 0 Å². The molecule has 7 nitrogen and oxygen atoms in total. The van der Waals surface area contributed by atoms with Gasteiger partial charge in [-0.05, 0) is 60.7 Å². The molecule has 194 valence electrons. The minimum absolute atomic E-state index is 0.00374. The van der Waals surface area contributed by atoms with Gasteiger partial charge in [0.25, 0.3) is 11.7 Å². The molecule has 4 rings (SSSR count). The first kappa shape index (κ1) is 26.0. The van der Waals surface area contributed by atoms with Gasteiger partial charge in [-0.25, -0.2) is 4.39 Å². The number of aliphatic hydroxyl groups is 1. The van der Waals surface area contributed by atoms with Gasteiger partial charge in [0.1, 0.15) is 17.3 Å². The highest BCUT2D eigenvalue weighted by Gasteiger charge is 2.46. The second kappa shape index (κ2) is 10.9. The van der Waals surface area contributed by atoms with E-state index in [0.717, 1.165) is 12.5 Å². The van der Waals surface area contributed by atoms with Crippen molar-refractivity contribution < 1.29 is 33.0 Å². The number of rotatable bonds is 9. The smallest absolute Gasteiger partial charge is 0.296 e. The van der Waals surface area contributed by atoms with E-state index in [4.69, 9.17) is 13.9 Å². The number of aryl methyl sites for hydroxylation is 1. The van der Waals surface area contributed by atoms with E-state index in [2.05, 4.69) is 13.8 Å². The molecule has 1 aliphatic heterocycles. The zero-order valence-corrected chi connectivity index (χ0v) is 21.3. The number of benzene rings is 2. The van der Waals surface area contributed by atoms with E-state index in [1.807, 2.05) is 0 Å². The highest BCUT2D eigenvalue weighted by Crippen LogP contribution is 2.43. The van der Waals surface area contributed by atoms with Crippen LogP contribution in [0.3, 0.4) is 0 Å². The van der Waals surface area contributed by atoms with Crippen LogP contribution in [0, 0.1) is 18.7 Å². The molecule has 0 saturated carbocycles. The van der Waals surface area contributed by atoms with Crippen molar-refractivity contribution in [2.75, 3.05) is 13.7 Å². The second-order valence-corrected chi connectivity index (χ2v) is 9.41. The predicted octanol–water partition coefficient (Wildman–Crippen LogP) is 5.78. The summed E-state index contributed by atoms with van der Waals surface area (Å²) in [6, 6.07) is 11.7. The Kier molecular flexibility index (Phi) is 7.66. The number of halogens is 1. The number of ether oxygens (including phenoxy) is 2. The van der Waals surface area contributed by atoms with E-state index in [-0.39, 0.29) is 17.7 Å². The molecule has 1 atom stereocenters. The molecule has 1 fully saturated rings. The molecule has 1 aromatic heterocycles. The Bertz CT molecular complexity index is 1330. The van der Waals surface area contributed by atoms with Crippen LogP contribution in [0.2, 0.25) is 0 Å². The molecule has 37 heavy (non-hydrogen) atoms. The summed E-state index contributed by atoms with van der Waals surface area (Å²) in [5.74, 6) is -0.776. The zero-order chi connectivity index (χ0) is 26.7. The lowest BCUT2D eigenvalue weighted by atomic mass is 9.94. The standard InChI is InChI=1S/C29H30FNO6/c1-17(2)11-13-37-23-10-9-19(15-24(23)35-4)26-25(27(32)20-8-7-18(3)22(30)14-20)28(33)29(34)31(26)16-21-6-5-12-36-21/h5-10,12,14-15,17,26,32H,11,13,16H2,1-4H3. The van der Waals surface area contributed by atoms with E-state index in [1.54, 1.807) is 37.3 Å².